The van der Waals surface area contributed by atoms with Crippen LogP contribution in [0.25, 0.3) is 0 Å². The van der Waals surface area contributed by atoms with Crippen LogP contribution in [0, 0.1) is 46.3 Å². The minimum absolute atomic E-state index is 0.0662. The largest absolute Gasteiger partial charge is 0.514 e. The molecule has 0 N–H and O–H groups in total. The van der Waals surface area contributed by atoms with E-state index in [1.54, 1.807) is 17.7 Å². The van der Waals surface area contributed by atoms with Gasteiger partial charge >= 0.3 is 6.16 Å². The third kappa shape index (κ3) is 5.26. The van der Waals surface area contributed by atoms with Crippen molar-refractivity contribution in [2.45, 2.75) is 111 Å². The van der Waals surface area contributed by atoms with Crippen molar-refractivity contribution >= 4 is 6.16 Å². The first kappa shape index (κ1) is 26.8. The average molecular weight is 507 g/mol. The fraction of sp³-hybridized carbons (Fsp3) is 0.735. The van der Waals surface area contributed by atoms with Crippen molar-refractivity contribution in [2.24, 2.45) is 46.3 Å². The van der Waals surface area contributed by atoms with Crippen LogP contribution in [0.3, 0.4) is 0 Å². The molecular weight excluding hydrogens is 456 g/mol. The van der Waals surface area contributed by atoms with Crippen LogP contribution in [0.15, 0.2) is 42.0 Å². The molecule has 0 spiro atoms. The highest BCUT2D eigenvalue weighted by atomic mass is 16.7. The van der Waals surface area contributed by atoms with Crippen LogP contribution in [-0.4, -0.2) is 12.3 Å². The van der Waals surface area contributed by atoms with Gasteiger partial charge in [0.15, 0.2) is 0 Å². The van der Waals surface area contributed by atoms with Gasteiger partial charge in [-0.2, -0.15) is 0 Å². The Hall–Kier alpha value is -1.77. The standard InChI is InChI=1S/C34H50O3/c1-23(2)10-9-11-24(3)29-16-17-30-28-15-14-25-22-27(37-32(35)36-26-12-7-6-8-13-26)18-20-33(25,4)31(28)19-21-34(29,30)5/h6-8,12-14,23-24,27-31H,9-11,15-22H2,1-5H3/t24-,27?,28+,29-,30+,31+,33+,34-/m1/s1. The van der Waals surface area contributed by atoms with Crippen molar-refractivity contribution < 1.29 is 14.3 Å². The Balaban J connectivity index is 1.22. The molecule has 4 aliphatic rings. The lowest BCUT2D eigenvalue weighted by molar-refractivity contribution is -0.0597. The number of benzene rings is 1. The second-order valence-corrected chi connectivity index (χ2v) is 13.9. The van der Waals surface area contributed by atoms with Crippen molar-refractivity contribution in [3.05, 3.63) is 42.0 Å². The quantitative estimate of drug-likeness (QED) is 0.210. The highest BCUT2D eigenvalue weighted by molar-refractivity contribution is 5.64. The molecule has 3 fully saturated rings. The molecule has 0 amide bonds. The van der Waals surface area contributed by atoms with E-state index >= 15 is 0 Å². The third-order valence-corrected chi connectivity index (χ3v) is 11.5. The smallest absolute Gasteiger partial charge is 0.430 e. The predicted octanol–water partition coefficient (Wildman–Crippen LogP) is 9.61. The Morgan fingerprint density at radius 1 is 0.973 bits per heavy atom. The summed E-state index contributed by atoms with van der Waals surface area (Å²) < 4.78 is 11.2. The van der Waals surface area contributed by atoms with Crippen molar-refractivity contribution in [3.63, 3.8) is 0 Å². The molecule has 0 bridgehead atoms. The van der Waals surface area contributed by atoms with Gasteiger partial charge < -0.3 is 9.47 Å². The molecule has 1 unspecified atom stereocenters. The van der Waals surface area contributed by atoms with E-state index in [4.69, 9.17) is 9.47 Å². The fourth-order valence-electron chi connectivity index (χ4n) is 9.50. The van der Waals surface area contributed by atoms with Crippen LogP contribution >= 0.6 is 0 Å². The first-order chi connectivity index (χ1) is 17.7. The van der Waals surface area contributed by atoms with Crippen LogP contribution in [-0.2, 0) is 4.74 Å². The van der Waals surface area contributed by atoms with Gasteiger partial charge in [0.25, 0.3) is 0 Å². The first-order valence-corrected chi connectivity index (χ1v) is 15.3. The number of fused-ring (bicyclic) bond motifs is 5. The zero-order chi connectivity index (χ0) is 26.2. The lowest BCUT2D eigenvalue weighted by Crippen LogP contribution is -2.51. The van der Waals surface area contributed by atoms with E-state index < -0.39 is 6.16 Å². The second-order valence-electron chi connectivity index (χ2n) is 13.9. The van der Waals surface area contributed by atoms with Crippen molar-refractivity contribution in [3.8, 4) is 5.75 Å². The molecule has 0 saturated heterocycles. The summed E-state index contributed by atoms with van der Waals surface area (Å²) in [6.07, 6.45) is 16.0. The van der Waals surface area contributed by atoms with Gasteiger partial charge in [0.2, 0.25) is 0 Å². The maximum atomic E-state index is 12.4. The molecule has 0 aromatic heterocycles. The van der Waals surface area contributed by atoms with Crippen molar-refractivity contribution in [1.29, 1.82) is 0 Å². The molecule has 204 valence electrons. The zero-order valence-corrected chi connectivity index (χ0v) is 24.0. The third-order valence-electron chi connectivity index (χ3n) is 11.5. The Kier molecular flexibility index (Phi) is 7.81. The van der Waals surface area contributed by atoms with Crippen LogP contribution in [0.1, 0.15) is 105 Å². The van der Waals surface area contributed by atoms with Crippen LogP contribution in [0.4, 0.5) is 4.79 Å². The molecule has 3 heteroatoms. The van der Waals surface area contributed by atoms with Crippen molar-refractivity contribution in [1.82, 2.24) is 0 Å². The molecule has 0 radical (unpaired) electrons. The van der Waals surface area contributed by atoms with Crippen LogP contribution < -0.4 is 4.74 Å². The van der Waals surface area contributed by atoms with Gasteiger partial charge in [0.05, 0.1) is 0 Å². The van der Waals surface area contributed by atoms with E-state index in [1.165, 1.54) is 51.4 Å². The molecule has 4 aliphatic carbocycles. The summed E-state index contributed by atoms with van der Waals surface area (Å²) in [7, 11) is 0. The summed E-state index contributed by atoms with van der Waals surface area (Å²) in [5.41, 5.74) is 2.36. The van der Waals surface area contributed by atoms with Gasteiger partial charge in [-0.3, -0.25) is 0 Å². The first-order valence-electron chi connectivity index (χ1n) is 15.3. The maximum absolute atomic E-state index is 12.4. The number of carbonyl (C=O) groups excluding carboxylic acids is 1. The Labute approximate surface area is 225 Å². The van der Waals surface area contributed by atoms with Crippen LogP contribution in [0.2, 0.25) is 0 Å². The molecule has 1 aromatic carbocycles. The van der Waals surface area contributed by atoms with E-state index in [1.807, 2.05) is 18.2 Å². The maximum Gasteiger partial charge on any atom is 0.514 e. The van der Waals surface area contributed by atoms with Gasteiger partial charge in [-0.05, 0) is 103 Å². The summed E-state index contributed by atoms with van der Waals surface area (Å²) in [6, 6.07) is 9.23. The van der Waals surface area contributed by atoms with E-state index in [9.17, 15) is 4.79 Å². The zero-order valence-electron chi connectivity index (χ0n) is 24.0. The minimum atomic E-state index is -0.568. The highest BCUT2D eigenvalue weighted by Gasteiger charge is 2.59. The molecule has 3 nitrogen and oxygen atoms in total. The summed E-state index contributed by atoms with van der Waals surface area (Å²) in [6.45, 7) is 12.5. The monoisotopic (exact) mass is 506 g/mol. The van der Waals surface area contributed by atoms with Gasteiger partial charge in [-0.25, -0.2) is 4.79 Å². The van der Waals surface area contributed by atoms with E-state index in [-0.39, 0.29) is 11.5 Å². The summed E-state index contributed by atoms with van der Waals surface area (Å²) in [5.74, 6) is 5.64. The topological polar surface area (TPSA) is 35.5 Å². The number of hydrogen-bond donors (Lipinski definition) is 0. The van der Waals surface area contributed by atoms with Gasteiger partial charge in [-0.15, -0.1) is 0 Å². The summed E-state index contributed by atoms with van der Waals surface area (Å²) in [4.78, 5) is 12.4. The van der Waals surface area contributed by atoms with Gasteiger partial charge in [0.1, 0.15) is 11.9 Å². The average Bonchev–Trinajstić information content (AvgIpc) is 3.22. The van der Waals surface area contributed by atoms with E-state index in [2.05, 4.69) is 40.7 Å². The molecule has 37 heavy (non-hydrogen) atoms. The number of hydrogen-bond acceptors (Lipinski definition) is 3. The highest BCUT2D eigenvalue weighted by Crippen LogP contribution is 2.67. The molecule has 8 atom stereocenters. The lowest BCUT2D eigenvalue weighted by atomic mass is 9.47. The van der Waals surface area contributed by atoms with Gasteiger partial charge in [0, 0.05) is 6.42 Å². The number of para-hydroxylation sites is 1. The normalized spacial score (nSPS) is 37.7. The van der Waals surface area contributed by atoms with E-state index in [0.29, 0.717) is 11.2 Å². The Morgan fingerprint density at radius 2 is 1.76 bits per heavy atom. The number of carbonyl (C=O) groups is 1. The summed E-state index contributed by atoms with van der Waals surface area (Å²) in [5, 5.41) is 0. The van der Waals surface area contributed by atoms with E-state index in [0.717, 1.165) is 54.8 Å². The van der Waals surface area contributed by atoms with Crippen molar-refractivity contribution in [2.75, 3.05) is 0 Å². The number of ether oxygens (including phenoxy) is 2. The predicted molar refractivity (Wildman–Crippen MR) is 150 cm³/mol. The second kappa shape index (κ2) is 10.8. The number of rotatable bonds is 7. The fourth-order valence-corrected chi connectivity index (χ4v) is 9.50. The molecular formula is C34H50O3. The Morgan fingerprint density at radius 3 is 2.51 bits per heavy atom. The Bertz CT molecular complexity index is 967. The lowest BCUT2D eigenvalue weighted by Gasteiger charge is -2.58. The minimum Gasteiger partial charge on any atom is -0.430 e. The molecule has 0 heterocycles. The molecule has 5 rings (SSSR count). The van der Waals surface area contributed by atoms with Gasteiger partial charge in [-0.1, -0.05) is 83.7 Å². The molecule has 0 aliphatic heterocycles. The number of allylic oxidation sites excluding steroid dienone is 1. The van der Waals surface area contributed by atoms with Crippen LogP contribution in [0.5, 0.6) is 5.75 Å². The SMILES string of the molecule is CC(C)CCC[C@@H](C)[C@H]1CC[C@H]2[C@@H]3CC=C4CC(OC(=O)Oc5ccccc5)CC[C@]4(C)[C@H]3CC[C@]12C. The summed E-state index contributed by atoms with van der Waals surface area (Å²) >= 11 is 0. The molecule has 1 aromatic rings. The molecule has 3 saturated carbocycles.